The minimum Gasteiger partial charge on any atom is -0.478 e. The van der Waals surface area contributed by atoms with Gasteiger partial charge in [0.1, 0.15) is 11.3 Å². The number of nitro groups is 1. The molecule has 1 aromatic heterocycles. The molecule has 0 bridgehead atoms. The zero-order valence-electron chi connectivity index (χ0n) is 23.2. The molecular formula is C35H27ClN4O3. The van der Waals surface area contributed by atoms with Gasteiger partial charge in [0.25, 0.3) is 5.54 Å². The van der Waals surface area contributed by atoms with Gasteiger partial charge in [0, 0.05) is 21.1 Å². The number of benzene rings is 4. The zero-order valence-corrected chi connectivity index (χ0v) is 23.9. The first kappa shape index (κ1) is 25.2. The molecule has 1 aliphatic carbocycles. The van der Waals surface area contributed by atoms with Crippen molar-refractivity contribution in [3.05, 3.63) is 135 Å². The molecule has 7 nitrogen and oxygen atoms in total. The second-order valence-corrected chi connectivity index (χ2v) is 12.5. The van der Waals surface area contributed by atoms with Gasteiger partial charge in [-0.05, 0) is 60.8 Å². The summed E-state index contributed by atoms with van der Waals surface area (Å²) >= 11 is 6.31. The summed E-state index contributed by atoms with van der Waals surface area (Å²) in [5.74, 6) is 0.0745. The summed E-state index contributed by atoms with van der Waals surface area (Å²) in [5.41, 5.74) is 4.42. The predicted octanol–water partition coefficient (Wildman–Crippen LogP) is 7.31. The van der Waals surface area contributed by atoms with E-state index in [1.165, 1.54) is 0 Å². The number of fused-ring (bicyclic) bond motifs is 13. The van der Waals surface area contributed by atoms with Crippen LogP contribution in [0.25, 0.3) is 22.3 Å². The number of aromatic nitrogens is 2. The molecule has 0 radical (unpaired) electrons. The van der Waals surface area contributed by atoms with Gasteiger partial charge >= 0.3 is 0 Å². The van der Waals surface area contributed by atoms with E-state index in [9.17, 15) is 10.1 Å². The molecule has 212 valence electrons. The molecule has 43 heavy (non-hydrogen) atoms. The first-order chi connectivity index (χ1) is 21.1. The third-order valence-corrected chi connectivity index (χ3v) is 10.5. The summed E-state index contributed by atoms with van der Waals surface area (Å²) in [5, 5.41) is 14.7. The van der Waals surface area contributed by atoms with E-state index in [4.69, 9.17) is 26.3 Å². The summed E-state index contributed by atoms with van der Waals surface area (Å²) in [6.07, 6.45) is 1.71. The molecule has 0 unspecified atom stereocenters. The van der Waals surface area contributed by atoms with E-state index in [1.54, 1.807) is 12.1 Å². The van der Waals surface area contributed by atoms with Gasteiger partial charge in [-0.2, -0.15) is 0 Å². The van der Waals surface area contributed by atoms with Gasteiger partial charge in [-0.1, -0.05) is 84.8 Å². The Balaban J connectivity index is 1.45. The van der Waals surface area contributed by atoms with Crippen LogP contribution in [-0.2, 0) is 5.54 Å². The van der Waals surface area contributed by atoms with Gasteiger partial charge in [0.15, 0.2) is 6.10 Å². The van der Waals surface area contributed by atoms with Crippen molar-refractivity contribution in [1.82, 2.24) is 14.9 Å². The number of nitrogens with zero attached hydrogens (tertiary/aromatic N) is 4. The Hall–Kier alpha value is -4.33. The van der Waals surface area contributed by atoms with Crippen LogP contribution >= 0.6 is 11.6 Å². The van der Waals surface area contributed by atoms with Crippen molar-refractivity contribution in [3.63, 3.8) is 0 Å². The molecule has 0 N–H and O–H groups in total. The van der Waals surface area contributed by atoms with E-state index >= 15 is 0 Å². The number of para-hydroxylation sites is 3. The van der Waals surface area contributed by atoms with E-state index in [1.807, 2.05) is 72.8 Å². The molecule has 4 aliphatic rings. The Morgan fingerprint density at radius 1 is 0.884 bits per heavy atom. The lowest BCUT2D eigenvalue weighted by Crippen LogP contribution is -2.60. The van der Waals surface area contributed by atoms with Gasteiger partial charge in [-0.3, -0.25) is 15.0 Å². The fraction of sp³-hybridized carbons (Fsp3) is 0.257. The van der Waals surface area contributed by atoms with E-state index in [2.05, 4.69) is 17.0 Å². The third-order valence-electron chi connectivity index (χ3n) is 10.3. The van der Waals surface area contributed by atoms with Crippen molar-refractivity contribution in [2.24, 2.45) is 0 Å². The van der Waals surface area contributed by atoms with Gasteiger partial charge < -0.3 is 4.74 Å². The van der Waals surface area contributed by atoms with E-state index in [0.29, 0.717) is 23.7 Å². The summed E-state index contributed by atoms with van der Waals surface area (Å²) < 4.78 is 6.79. The fourth-order valence-corrected chi connectivity index (χ4v) is 8.98. The van der Waals surface area contributed by atoms with Crippen LogP contribution in [-0.4, -0.2) is 37.9 Å². The number of halogens is 1. The Morgan fingerprint density at radius 2 is 1.60 bits per heavy atom. The molecule has 0 saturated carbocycles. The van der Waals surface area contributed by atoms with Crippen LogP contribution in [0, 0.1) is 10.1 Å². The SMILES string of the molecule is O=[N+]([O-])[C@]12[C@H](c3ccc(Cl)cc3)Oc3ccccc3[C@H]1[C@]1(c3ccccc3-c3nc4ccccc4nc31)N1CCCC[C@@H]12. The van der Waals surface area contributed by atoms with Gasteiger partial charge in [-0.25, -0.2) is 9.97 Å². The average molecular weight is 587 g/mol. The molecule has 0 amide bonds. The van der Waals surface area contributed by atoms with Crippen molar-refractivity contribution in [2.45, 2.75) is 48.4 Å². The largest absolute Gasteiger partial charge is 0.478 e. The average Bonchev–Trinajstić information content (AvgIpc) is 3.49. The first-order valence-corrected chi connectivity index (χ1v) is 15.2. The van der Waals surface area contributed by atoms with Crippen LogP contribution in [0.3, 0.4) is 0 Å². The van der Waals surface area contributed by atoms with Crippen LogP contribution in [0.4, 0.5) is 0 Å². The molecule has 5 atom stereocenters. The van der Waals surface area contributed by atoms with E-state index < -0.39 is 29.1 Å². The first-order valence-electron chi connectivity index (χ1n) is 14.9. The maximum Gasteiger partial charge on any atom is 0.286 e. The quantitative estimate of drug-likeness (QED) is 0.159. The number of ether oxygens (including phenoxy) is 1. The minimum absolute atomic E-state index is 0.0142. The van der Waals surface area contributed by atoms with Crippen LogP contribution in [0.5, 0.6) is 5.75 Å². The van der Waals surface area contributed by atoms with Crippen LogP contribution in [0.1, 0.15) is 53.7 Å². The van der Waals surface area contributed by atoms with Crippen LogP contribution in [0.15, 0.2) is 97.1 Å². The standard InChI is InChI=1S/C35H27ClN4O3/c36-22-18-16-21(17-19-22)33-35(40(41)42)29-15-7-8-20-39(29)34(31(35)24-10-2-6-14-28(24)43-33)25-11-3-1-9-23(25)30-32(34)38-27-13-5-4-12-26(27)37-30/h1-6,9-14,16-19,29,31,33H,7-8,15,20H2/t29-,31+,33+,34+,35+/m1/s1. The zero-order chi connectivity index (χ0) is 28.9. The highest BCUT2D eigenvalue weighted by Crippen LogP contribution is 2.71. The molecule has 8 heteroatoms. The van der Waals surface area contributed by atoms with Gasteiger partial charge in [0.05, 0.1) is 34.4 Å². The maximum absolute atomic E-state index is 14.1. The molecule has 2 fully saturated rings. The van der Waals surface area contributed by atoms with Crippen molar-refractivity contribution in [2.75, 3.05) is 6.54 Å². The van der Waals surface area contributed by atoms with Crippen molar-refractivity contribution < 1.29 is 9.66 Å². The monoisotopic (exact) mass is 586 g/mol. The molecule has 2 saturated heterocycles. The smallest absolute Gasteiger partial charge is 0.286 e. The van der Waals surface area contributed by atoms with Gasteiger partial charge in [-0.15, -0.1) is 0 Å². The molecule has 3 aliphatic heterocycles. The third kappa shape index (κ3) is 3.03. The van der Waals surface area contributed by atoms with Crippen molar-refractivity contribution in [3.8, 4) is 17.0 Å². The number of piperidine rings is 1. The summed E-state index contributed by atoms with van der Waals surface area (Å²) in [6, 6.07) is 31.0. The summed E-state index contributed by atoms with van der Waals surface area (Å²) in [7, 11) is 0. The van der Waals surface area contributed by atoms with Gasteiger partial charge in [0.2, 0.25) is 0 Å². The molecule has 5 aromatic rings. The lowest BCUT2D eigenvalue weighted by molar-refractivity contribution is -0.592. The highest BCUT2D eigenvalue weighted by molar-refractivity contribution is 6.30. The molecule has 4 heterocycles. The molecule has 4 aromatic carbocycles. The highest BCUT2D eigenvalue weighted by Gasteiger charge is 2.82. The number of rotatable bonds is 2. The Bertz CT molecular complexity index is 1970. The number of hydrogen-bond acceptors (Lipinski definition) is 6. The molecule has 1 spiro atoms. The number of hydrogen-bond donors (Lipinski definition) is 0. The van der Waals surface area contributed by atoms with Crippen molar-refractivity contribution >= 4 is 22.6 Å². The second-order valence-electron chi connectivity index (χ2n) is 12.1. The van der Waals surface area contributed by atoms with Crippen LogP contribution < -0.4 is 4.74 Å². The highest BCUT2D eigenvalue weighted by atomic mass is 35.5. The van der Waals surface area contributed by atoms with E-state index in [0.717, 1.165) is 57.5 Å². The Labute approximate surface area is 253 Å². The Morgan fingerprint density at radius 3 is 2.42 bits per heavy atom. The predicted molar refractivity (Wildman–Crippen MR) is 164 cm³/mol. The maximum atomic E-state index is 14.1. The molecular weight excluding hydrogens is 560 g/mol. The summed E-state index contributed by atoms with van der Waals surface area (Å²) in [4.78, 5) is 27.1. The minimum atomic E-state index is -1.51. The normalized spacial score (nSPS) is 28.4. The Kier molecular flexibility index (Phi) is 5.18. The van der Waals surface area contributed by atoms with Crippen LogP contribution in [0.2, 0.25) is 5.02 Å². The molecule has 9 rings (SSSR count). The van der Waals surface area contributed by atoms with E-state index in [-0.39, 0.29) is 4.92 Å². The second kappa shape index (κ2) is 8.85. The summed E-state index contributed by atoms with van der Waals surface area (Å²) in [6.45, 7) is 0.717. The van der Waals surface area contributed by atoms with Crippen molar-refractivity contribution in [1.29, 1.82) is 0 Å². The fourth-order valence-electron chi connectivity index (χ4n) is 8.86. The lowest BCUT2D eigenvalue weighted by atomic mass is 9.62. The lowest BCUT2D eigenvalue weighted by Gasteiger charge is -2.44. The topological polar surface area (TPSA) is 81.4 Å².